The Balaban J connectivity index is 4.42. The standard InChI is InChI=1S/C14H23NO5S/c1-10(16)7-6-8-21-9-11(12(17)19-5)15-13(18)20-14(2,3)4/h10-11,16H,7,9H2,1-5H3,(H,15,18)/t10-,11-/m0/s1. The molecule has 2 N–H and O–H groups in total. The lowest BCUT2D eigenvalue weighted by atomic mass is 10.2. The van der Waals surface area contributed by atoms with Crippen LogP contribution in [0, 0.1) is 11.2 Å². The van der Waals surface area contributed by atoms with Crippen molar-refractivity contribution >= 4 is 23.8 Å². The summed E-state index contributed by atoms with van der Waals surface area (Å²) in [7, 11) is 1.25. The molecule has 21 heavy (non-hydrogen) atoms. The van der Waals surface area contributed by atoms with Crippen LogP contribution in [0.3, 0.4) is 0 Å². The van der Waals surface area contributed by atoms with Crippen molar-refractivity contribution in [1.82, 2.24) is 5.32 Å². The molecule has 0 radical (unpaired) electrons. The summed E-state index contributed by atoms with van der Waals surface area (Å²) in [6.45, 7) is 6.84. The second-order valence-electron chi connectivity index (χ2n) is 5.36. The second kappa shape index (κ2) is 9.53. The number of hydrogen-bond donors (Lipinski definition) is 2. The monoisotopic (exact) mass is 317 g/mol. The van der Waals surface area contributed by atoms with Crippen molar-refractivity contribution in [1.29, 1.82) is 0 Å². The molecule has 0 spiro atoms. The number of methoxy groups -OCH3 is 1. The van der Waals surface area contributed by atoms with Gasteiger partial charge in [0, 0.05) is 12.2 Å². The summed E-state index contributed by atoms with van der Waals surface area (Å²) in [5, 5.41) is 14.3. The van der Waals surface area contributed by atoms with Gasteiger partial charge in [-0.1, -0.05) is 17.7 Å². The molecule has 0 aromatic rings. The maximum atomic E-state index is 11.6. The number of esters is 1. The third kappa shape index (κ3) is 11.0. The third-order valence-electron chi connectivity index (χ3n) is 1.97. The molecular formula is C14H23NO5S. The number of alkyl carbamates (subject to hydrolysis) is 1. The Hall–Kier alpha value is -1.39. The first kappa shape index (κ1) is 19.6. The van der Waals surface area contributed by atoms with Crippen molar-refractivity contribution in [2.45, 2.75) is 51.9 Å². The minimum Gasteiger partial charge on any atom is -0.467 e. The zero-order chi connectivity index (χ0) is 16.5. The average molecular weight is 317 g/mol. The van der Waals surface area contributed by atoms with Crippen LogP contribution in [0.2, 0.25) is 0 Å². The topological polar surface area (TPSA) is 84.9 Å². The minimum absolute atomic E-state index is 0.235. The van der Waals surface area contributed by atoms with E-state index in [4.69, 9.17) is 9.84 Å². The van der Waals surface area contributed by atoms with E-state index in [0.717, 1.165) is 11.8 Å². The van der Waals surface area contributed by atoms with Crippen LogP contribution in [-0.4, -0.2) is 47.8 Å². The Morgan fingerprint density at radius 2 is 2.00 bits per heavy atom. The smallest absolute Gasteiger partial charge is 0.408 e. The molecular weight excluding hydrogens is 294 g/mol. The highest BCUT2D eigenvalue weighted by Gasteiger charge is 2.24. The van der Waals surface area contributed by atoms with E-state index in [1.165, 1.54) is 7.11 Å². The molecule has 0 unspecified atom stereocenters. The molecule has 0 aromatic heterocycles. The van der Waals surface area contributed by atoms with Gasteiger partial charge in [-0.25, -0.2) is 9.59 Å². The van der Waals surface area contributed by atoms with Crippen LogP contribution >= 0.6 is 11.8 Å². The Kier molecular flexibility index (Phi) is 8.90. The number of rotatable bonds is 5. The molecule has 0 aliphatic rings. The van der Waals surface area contributed by atoms with Gasteiger partial charge in [0.05, 0.1) is 13.2 Å². The van der Waals surface area contributed by atoms with E-state index in [1.54, 1.807) is 27.7 Å². The first-order valence-corrected chi connectivity index (χ1v) is 7.49. The van der Waals surface area contributed by atoms with Gasteiger partial charge in [-0.3, -0.25) is 0 Å². The fraction of sp³-hybridized carbons (Fsp3) is 0.714. The predicted molar refractivity (Wildman–Crippen MR) is 81.7 cm³/mol. The van der Waals surface area contributed by atoms with Crippen LogP contribution < -0.4 is 5.32 Å². The van der Waals surface area contributed by atoms with Gasteiger partial charge in [-0.2, -0.15) is 0 Å². The number of nitrogens with one attached hydrogen (secondary N) is 1. The summed E-state index contributed by atoms with van der Waals surface area (Å²) < 4.78 is 9.71. The largest absolute Gasteiger partial charge is 0.467 e. The number of aliphatic hydroxyl groups excluding tert-OH is 1. The molecule has 0 rings (SSSR count). The van der Waals surface area contributed by atoms with E-state index in [-0.39, 0.29) is 5.75 Å². The van der Waals surface area contributed by atoms with Crippen LogP contribution in [0.25, 0.3) is 0 Å². The van der Waals surface area contributed by atoms with Crippen LogP contribution in [0.5, 0.6) is 0 Å². The molecule has 1 amide bonds. The van der Waals surface area contributed by atoms with Crippen LogP contribution in [0.4, 0.5) is 4.79 Å². The highest BCUT2D eigenvalue weighted by Crippen LogP contribution is 2.08. The van der Waals surface area contributed by atoms with Crippen molar-refractivity contribution in [3.63, 3.8) is 0 Å². The van der Waals surface area contributed by atoms with Gasteiger partial charge >= 0.3 is 12.1 Å². The minimum atomic E-state index is -0.837. The molecule has 0 fully saturated rings. The number of carbonyl (C=O) groups is 2. The maximum absolute atomic E-state index is 11.6. The number of aliphatic hydroxyl groups is 1. The van der Waals surface area contributed by atoms with Crippen molar-refractivity contribution in [3.8, 4) is 11.2 Å². The van der Waals surface area contributed by atoms with E-state index >= 15 is 0 Å². The highest BCUT2D eigenvalue weighted by molar-refractivity contribution is 8.03. The number of amides is 1. The lowest BCUT2D eigenvalue weighted by molar-refractivity contribution is -0.142. The molecule has 2 atom stereocenters. The van der Waals surface area contributed by atoms with E-state index in [9.17, 15) is 9.59 Å². The SMILES string of the molecule is COC(=O)[C@H](CSC#CC[C@H](C)O)NC(=O)OC(C)(C)C. The van der Waals surface area contributed by atoms with E-state index < -0.39 is 29.8 Å². The highest BCUT2D eigenvalue weighted by atomic mass is 32.2. The first-order chi connectivity index (χ1) is 9.65. The van der Waals surface area contributed by atoms with Crippen LogP contribution in [0.15, 0.2) is 0 Å². The molecule has 0 heterocycles. The fourth-order valence-electron chi connectivity index (χ4n) is 1.13. The molecule has 0 saturated carbocycles. The zero-order valence-electron chi connectivity index (χ0n) is 13.1. The fourth-order valence-corrected chi connectivity index (χ4v) is 1.78. The third-order valence-corrected chi connectivity index (χ3v) is 2.76. The van der Waals surface area contributed by atoms with Crippen molar-refractivity contribution in [3.05, 3.63) is 0 Å². The second-order valence-corrected chi connectivity index (χ2v) is 6.19. The molecule has 7 heteroatoms. The van der Waals surface area contributed by atoms with Gasteiger partial charge in [0.25, 0.3) is 0 Å². The molecule has 6 nitrogen and oxygen atoms in total. The number of thioether (sulfide) groups is 1. The first-order valence-electron chi connectivity index (χ1n) is 6.50. The molecule has 120 valence electrons. The number of carbonyl (C=O) groups excluding carboxylic acids is 2. The summed E-state index contributed by atoms with van der Waals surface area (Å²) >= 11 is 1.16. The lowest BCUT2D eigenvalue weighted by Gasteiger charge is -2.22. The maximum Gasteiger partial charge on any atom is 0.408 e. The van der Waals surface area contributed by atoms with Crippen molar-refractivity contribution < 1.29 is 24.2 Å². The lowest BCUT2D eigenvalue weighted by Crippen LogP contribution is -2.45. The Labute approximate surface area is 130 Å². The van der Waals surface area contributed by atoms with E-state index in [0.29, 0.717) is 6.42 Å². The Bertz CT molecular complexity index is 406. The number of hydrogen-bond acceptors (Lipinski definition) is 6. The predicted octanol–water partition coefficient (Wildman–Crippen LogP) is 1.52. The summed E-state index contributed by atoms with van der Waals surface area (Å²) in [4.78, 5) is 23.2. The van der Waals surface area contributed by atoms with Gasteiger partial charge in [0.1, 0.15) is 11.6 Å². The van der Waals surface area contributed by atoms with Crippen molar-refractivity contribution in [2.24, 2.45) is 0 Å². The van der Waals surface area contributed by atoms with E-state index in [2.05, 4.69) is 21.2 Å². The van der Waals surface area contributed by atoms with Crippen molar-refractivity contribution in [2.75, 3.05) is 12.9 Å². The molecule has 0 bridgehead atoms. The quantitative estimate of drug-likeness (QED) is 0.591. The summed E-state index contributed by atoms with van der Waals surface area (Å²) in [5.74, 6) is 2.43. The van der Waals surface area contributed by atoms with Crippen LogP contribution in [-0.2, 0) is 14.3 Å². The van der Waals surface area contributed by atoms with Gasteiger partial charge in [-0.15, -0.1) is 0 Å². The number of ether oxygens (including phenoxy) is 2. The zero-order valence-corrected chi connectivity index (χ0v) is 13.9. The molecule has 0 saturated heterocycles. The summed E-state index contributed by atoms with van der Waals surface area (Å²) in [5.41, 5.74) is -0.644. The molecule has 0 aliphatic heterocycles. The summed E-state index contributed by atoms with van der Waals surface area (Å²) in [6.07, 6.45) is -0.820. The van der Waals surface area contributed by atoms with Gasteiger partial charge in [0.2, 0.25) is 0 Å². The average Bonchev–Trinajstić information content (AvgIpc) is 2.33. The molecule has 0 aliphatic carbocycles. The Morgan fingerprint density at radius 1 is 1.38 bits per heavy atom. The van der Waals surface area contributed by atoms with Crippen LogP contribution in [0.1, 0.15) is 34.1 Å². The van der Waals surface area contributed by atoms with Gasteiger partial charge in [-0.05, 0) is 32.9 Å². The van der Waals surface area contributed by atoms with Gasteiger partial charge in [0.15, 0.2) is 0 Å². The Morgan fingerprint density at radius 3 is 2.48 bits per heavy atom. The van der Waals surface area contributed by atoms with E-state index in [1.807, 2.05) is 0 Å². The van der Waals surface area contributed by atoms with Gasteiger partial charge < -0.3 is 19.9 Å². The summed E-state index contributed by atoms with van der Waals surface area (Å²) in [6, 6.07) is -0.837. The molecule has 0 aromatic carbocycles. The normalized spacial score (nSPS) is 13.4.